The average molecular weight is 839 g/mol. The van der Waals surface area contributed by atoms with Crippen molar-refractivity contribution >= 4 is 29.1 Å². The third kappa shape index (κ3) is 8.71. The highest BCUT2D eigenvalue weighted by atomic mass is 16.6. The molecule has 0 aromatic heterocycles. The van der Waals surface area contributed by atoms with Crippen LogP contribution in [0.15, 0.2) is 127 Å². The molecule has 1 atom stereocenters. The normalized spacial score (nSPS) is 13.9. The minimum atomic E-state index is -1.17. The summed E-state index contributed by atoms with van der Waals surface area (Å²) in [5.41, 5.74) is 3.96. The fourth-order valence-electron chi connectivity index (χ4n) is 7.68. The van der Waals surface area contributed by atoms with Crippen molar-refractivity contribution in [1.82, 2.24) is 0 Å². The van der Waals surface area contributed by atoms with Gasteiger partial charge in [-0.3, -0.25) is 4.79 Å². The van der Waals surface area contributed by atoms with Gasteiger partial charge in [-0.2, -0.15) is 0 Å². The standard InChI is InChI=1S/C25H23NO4.C18H19NO4.C7H8O2/c1-4-26(5-2)16-10-12-20-22(14-16)29-23-15-17(28-3)11-13-21(23)25(20)19-9-7-6-8-18(19)24(27)30-25;1-3-19(4-2)12-9-10-15(16(20)11-12)17(21)13-7-5-6-8-14(13)18(22)23;1-9-7-4-2-3-6(8)5-7/h6-15H,4-5H2,1-3H3;5-11,20H,3-4H2,1-2H3,(H,22,23);2-5,8H,1H3. The van der Waals surface area contributed by atoms with E-state index < -0.39 is 17.4 Å². The molecule has 0 bridgehead atoms. The third-order valence-electron chi connectivity index (χ3n) is 10.8. The number of ketones is 1. The molecule has 0 aliphatic carbocycles. The first-order chi connectivity index (χ1) is 29.9. The highest BCUT2D eigenvalue weighted by Crippen LogP contribution is 2.57. The molecule has 2 heterocycles. The number of aromatic hydroxyl groups is 2. The van der Waals surface area contributed by atoms with Gasteiger partial charge in [-0.15, -0.1) is 0 Å². The number of phenols is 2. The number of ether oxygens (including phenoxy) is 4. The van der Waals surface area contributed by atoms with Crippen LogP contribution in [0.2, 0.25) is 0 Å². The molecule has 320 valence electrons. The van der Waals surface area contributed by atoms with E-state index in [9.17, 15) is 24.6 Å². The van der Waals surface area contributed by atoms with Gasteiger partial charge in [-0.25, -0.2) is 9.59 Å². The fourth-order valence-corrected chi connectivity index (χ4v) is 7.68. The van der Waals surface area contributed by atoms with Gasteiger partial charge in [0.25, 0.3) is 0 Å². The molecule has 1 spiro atoms. The third-order valence-corrected chi connectivity index (χ3v) is 10.8. The number of anilines is 2. The predicted octanol–water partition coefficient (Wildman–Crippen LogP) is 9.68. The molecule has 0 saturated heterocycles. The minimum Gasteiger partial charge on any atom is -0.508 e. The van der Waals surface area contributed by atoms with Gasteiger partial charge in [0.05, 0.1) is 30.9 Å². The molecule has 3 N–H and O–H groups in total. The van der Waals surface area contributed by atoms with Crippen molar-refractivity contribution in [2.45, 2.75) is 33.3 Å². The molecule has 2 aliphatic rings. The topological polar surface area (TPSA) is 155 Å². The summed E-state index contributed by atoms with van der Waals surface area (Å²) < 4.78 is 22.8. The Bertz CT molecular complexity index is 2580. The number of rotatable bonds is 11. The van der Waals surface area contributed by atoms with Gasteiger partial charge < -0.3 is 44.1 Å². The first-order valence-electron chi connectivity index (χ1n) is 20.3. The zero-order chi connectivity index (χ0) is 44.6. The van der Waals surface area contributed by atoms with E-state index >= 15 is 0 Å². The van der Waals surface area contributed by atoms with Crippen molar-refractivity contribution < 1.29 is 48.7 Å². The van der Waals surface area contributed by atoms with Crippen molar-refractivity contribution in [3.8, 4) is 34.5 Å². The Hall–Kier alpha value is -7.47. The lowest BCUT2D eigenvalue weighted by molar-refractivity contribution is 0.0224. The van der Waals surface area contributed by atoms with Crippen LogP contribution < -0.4 is 24.0 Å². The zero-order valence-corrected chi connectivity index (χ0v) is 35.5. The van der Waals surface area contributed by atoms with Crippen LogP contribution in [0.3, 0.4) is 0 Å². The fraction of sp³-hybridized carbons (Fsp3) is 0.220. The van der Waals surface area contributed by atoms with Crippen LogP contribution >= 0.6 is 0 Å². The number of esters is 1. The Morgan fingerprint density at radius 2 is 1.16 bits per heavy atom. The largest absolute Gasteiger partial charge is 0.508 e. The lowest BCUT2D eigenvalue weighted by atomic mass is 9.77. The van der Waals surface area contributed by atoms with Crippen molar-refractivity contribution in [3.63, 3.8) is 0 Å². The molecule has 12 heteroatoms. The monoisotopic (exact) mass is 838 g/mol. The number of carboxylic acids is 1. The van der Waals surface area contributed by atoms with E-state index in [-0.39, 0.29) is 34.2 Å². The maximum atomic E-state index is 12.9. The Balaban J connectivity index is 0.000000177. The van der Waals surface area contributed by atoms with Gasteiger partial charge in [-0.05, 0) is 88.4 Å². The molecule has 0 amide bonds. The van der Waals surface area contributed by atoms with Gasteiger partial charge in [0.2, 0.25) is 0 Å². The first-order valence-corrected chi connectivity index (χ1v) is 20.3. The number of benzene rings is 6. The number of nitrogens with zero attached hydrogens (tertiary/aromatic N) is 2. The maximum Gasteiger partial charge on any atom is 0.340 e. The van der Waals surface area contributed by atoms with Crippen LogP contribution in [0.5, 0.6) is 34.5 Å². The number of carboxylic acid groups (broad SMARTS) is 1. The Labute approximate surface area is 361 Å². The summed E-state index contributed by atoms with van der Waals surface area (Å²) in [4.78, 5) is 41.0. The quantitative estimate of drug-likeness (QED) is 0.0841. The molecule has 2 aliphatic heterocycles. The summed E-state index contributed by atoms with van der Waals surface area (Å²) in [5.74, 6) is 0.745. The second kappa shape index (κ2) is 19.3. The second-order valence-corrected chi connectivity index (χ2v) is 14.2. The number of carbonyl (C=O) groups excluding carboxylic acids is 2. The van der Waals surface area contributed by atoms with Crippen molar-refractivity contribution in [3.05, 3.63) is 166 Å². The molecule has 8 rings (SSSR count). The average Bonchev–Trinajstić information content (AvgIpc) is 3.59. The number of fused-ring (bicyclic) bond motifs is 6. The highest BCUT2D eigenvalue weighted by molar-refractivity contribution is 6.15. The molecular weight excluding hydrogens is 789 g/mol. The Morgan fingerprint density at radius 3 is 1.76 bits per heavy atom. The molecule has 62 heavy (non-hydrogen) atoms. The van der Waals surface area contributed by atoms with E-state index in [1.807, 2.05) is 73.3 Å². The number of methoxy groups -OCH3 is 2. The molecule has 0 fully saturated rings. The van der Waals surface area contributed by atoms with E-state index in [4.69, 9.17) is 24.1 Å². The van der Waals surface area contributed by atoms with Gasteiger partial charge in [-0.1, -0.05) is 42.5 Å². The SMILES string of the molecule is CCN(CC)c1ccc(C(=O)c2ccccc2C(=O)O)c(O)c1.CCN(CC)c1ccc2c(c1)Oc1cc(OC)ccc1C21OC(=O)c2ccccc21.COc1cccc(O)c1. The number of hydrogen-bond donors (Lipinski definition) is 3. The van der Waals surface area contributed by atoms with E-state index in [1.165, 1.54) is 24.3 Å². The number of carbonyl (C=O) groups is 3. The second-order valence-electron chi connectivity index (χ2n) is 14.2. The van der Waals surface area contributed by atoms with Gasteiger partial charge in [0.1, 0.15) is 34.5 Å². The van der Waals surface area contributed by atoms with Crippen molar-refractivity contribution in [1.29, 1.82) is 0 Å². The number of hydrogen-bond acceptors (Lipinski definition) is 11. The highest BCUT2D eigenvalue weighted by Gasteiger charge is 2.53. The first kappa shape index (κ1) is 44.1. The van der Waals surface area contributed by atoms with Crippen molar-refractivity contribution in [2.75, 3.05) is 50.2 Å². The van der Waals surface area contributed by atoms with E-state index in [1.54, 1.807) is 56.7 Å². The summed E-state index contributed by atoms with van der Waals surface area (Å²) in [6.07, 6.45) is 0. The summed E-state index contributed by atoms with van der Waals surface area (Å²) in [5, 5.41) is 28.3. The number of phenolic OH excluding ortho intramolecular Hbond substituents is 2. The Morgan fingerprint density at radius 1 is 0.597 bits per heavy atom. The Kier molecular flexibility index (Phi) is 13.7. The van der Waals surface area contributed by atoms with Crippen LogP contribution in [0, 0.1) is 0 Å². The van der Waals surface area contributed by atoms with Gasteiger partial charge in [0.15, 0.2) is 11.4 Å². The van der Waals surface area contributed by atoms with Crippen LogP contribution in [0.25, 0.3) is 0 Å². The maximum absolute atomic E-state index is 12.9. The van der Waals surface area contributed by atoms with Gasteiger partial charge in [0, 0.05) is 84.1 Å². The van der Waals surface area contributed by atoms with Crippen LogP contribution in [-0.4, -0.2) is 73.4 Å². The van der Waals surface area contributed by atoms with Crippen LogP contribution in [0.4, 0.5) is 11.4 Å². The van der Waals surface area contributed by atoms with E-state index in [0.717, 1.165) is 54.2 Å². The zero-order valence-electron chi connectivity index (χ0n) is 35.5. The summed E-state index contributed by atoms with van der Waals surface area (Å²) in [6.45, 7) is 11.6. The van der Waals surface area contributed by atoms with E-state index in [2.05, 4.69) is 24.8 Å². The molecule has 0 saturated carbocycles. The summed E-state index contributed by atoms with van der Waals surface area (Å²) in [6, 6.07) is 36.8. The summed E-state index contributed by atoms with van der Waals surface area (Å²) >= 11 is 0. The van der Waals surface area contributed by atoms with Crippen molar-refractivity contribution in [2.24, 2.45) is 0 Å². The van der Waals surface area contributed by atoms with E-state index in [0.29, 0.717) is 28.6 Å². The van der Waals surface area contributed by atoms with Crippen LogP contribution in [0.1, 0.15) is 81.0 Å². The molecule has 6 aromatic rings. The predicted molar refractivity (Wildman–Crippen MR) is 238 cm³/mol. The molecule has 12 nitrogen and oxygen atoms in total. The minimum absolute atomic E-state index is 0.0610. The van der Waals surface area contributed by atoms with Gasteiger partial charge >= 0.3 is 11.9 Å². The van der Waals surface area contributed by atoms with Crippen LogP contribution in [-0.2, 0) is 10.3 Å². The lowest BCUT2D eigenvalue weighted by Gasteiger charge is -2.37. The summed E-state index contributed by atoms with van der Waals surface area (Å²) in [7, 11) is 3.19. The smallest absolute Gasteiger partial charge is 0.340 e. The molecular formula is C50H50N2O10. The number of aromatic carboxylic acids is 1. The molecule has 1 unspecified atom stereocenters. The molecule has 0 radical (unpaired) electrons. The molecule has 6 aromatic carbocycles. The lowest BCUT2D eigenvalue weighted by Crippen LogP contribution is -2.33.